The van der Waals surface area contributed by atoms with Gasteiger partial charge in [0.2, 0.25) is 5.91 Å². The Morgan fingerprint density at radius 2 is 2.16 bits per heavy atom. The Morgan fingerprint density at radius 1 is 1.47 bits per heavy atom. The molecule has 19 heavy (non-hydrogen) atoms. The lowest BCUT2D eigenvalue weighted by atomic mass is 10.2. The van der Waals surface area contributed by atoms with Crippen LogP contribution < -0.4 is 11.1 Å². The second-order valence-electron chi connectivity index (χ2n) is 4.83. The second-order valence-corrected chi connectivity index (χ2v) is 4.83. The highest BCUT2D eigenvalue weighted by Gasteiger charge is 2.19. The van der Waals surface area contributed by atoms with Crippen molar-refractivity contribution in [2.24, 2.45) is 0 Å². The highest BCUT2D eigenvalue weighted by molar-refractivity contribution is 5.89. The molecule has 3 N–H and O–H groups in total. The van der Waals surface area contributed by atoms with Crippen LogP contribution in [0.15, 0.2) is 12.3 Å². The fourth-order valence-corrected chi connectivity index (χ4v) is 2.44. The predicted octanol–water partition coefficient (Wildman–Crippen LogP) is 0.916. The quantitative estimate of drug-likeness (QED) is 0.792. The SMILES string of the molecule is COC(=O)c1cc(N)cn1CC(=O)NC1CCCC1. The number of nitrogens with one attached hydrogen (secondary N) is 1. The van der Waals surface area contributed by atoms with Crippen LogP contribution in [0, 0.1) is 0 Å². The average molecular weight is 265 g/mol. The van der Waals surface area contributed by atoms with Crippen molar-refractivity contribution in [2.45, 2.75) is 38.3 Å². The van der Waals surface area contributed by atoms with Gasteiger partial charge in [0.25, 0.3) is 0 Å². The summed E-state index contributed by atoms with van der Waals surface area (Å²) in [6, 6.07) is 1.77. The first-order chi connectivity index (χ1) is 9.10. The topological polar surface area (TPSA) is 86.3 Å². The summed E-state index contributed by atoms with van der Waals surface area (Å²) >= 11 is 0. The van der Waals surface area contributed by atoms with Crippen LogP contribution >= 0.6 is 0 Å². The lowest BCUT2D eigenvalue weighted by Gasteiger charge is -2.13. The van der Waals surface area contributed by atoms with Crippen LogP contribution in [-0.2, 0) is 16.1 Å². The maximum atomic E-state index is 11.9. The third kappa shape index (κ3) is 3.27. The van der Waals surface area contributed by atoms with Crippen molar-refractivity contribution >= 4 is 17.6 Å². The van der Waals surface area contributed by atoms with E-state index in [1.165, 1.54) is 17.7 Å². The number of nitrogens with two attached hydrogens (primary N) is 1. The summed E-state index contributed by atoms with van der Waals surface area (Å²) in [6.07, 6.45) is 5.96. The van der Waals surface area contributed by atoms with Gasteiger partial charge in [-0.1, -0.05) is 12.8 Å². The van der Waals surface area contributed by atoms with Gasteiger partial charge in [0.15, 0.2) is 0 Å². The molecule has 1 amide bonds. The largest absolute Gasteiger partial charge is 0.464 e. The molecule has 1 saturated carbocycles. The van der Waals surface area contributed by atoms with Gasteiger partial charge in [-0.15, -0.1) is 0 Å². The Kier molecular flexibility index (Phi) is 4.09. The van der Waals surface area contributed by atoms with Crippen LogP contribution in [0.2, 0.25) is 0 Å². The highest BCUT2D eigenvalue weighted by atomic mass is 16.5. The van der Waals surface area contributed by atoms with Gasteiger partial charge in [-0.25, -0.2) is 4.79 Å². The number of amides is 1. The summed E-state index contributed by atoms with van der Waals surface area (Å²) in [4.78, 5) is 23.5. The first kappa shape index (κ1) is 13.5. The highest BCUT2D eigenvalue weighted by Crippen LogP contribution is 2.18. The van der Waals surface area contributed by atoms with E-state index in [1.54, 1.807) is 6.20 Å². The molecule has 0 atom stereocenters. The van der Waals surface area contributed by atoms with Crippen LogP contribution in [0.25, 0.3) is 0 Å². The number of rotatable bonds is 4. The molecule has 6 nitrogen and oxygen atoms in total. The number of aromatic nitrogens is 1. The Bertz CT molecular complexity index is 475. The zero-order valence-electron chi connectivity index (χ0n) is 11.0. The van der Waals surface area contributed by atoms with Gasteiger partial charge in [-0.2, -0.15) is 0 Å². The van der Waals surface area contributed by atoms with Crippen molar-refractivity contribution in [3.8, 4) is 0 Å². The molecule has 0 spiro atoms. The van der Waals surface area contributed by atoms with Crippen molar-refractivity contribution in [1.82, 2.24) is 9.88 Å². The van der Waals surface area contributed by atoms with Gasteiger partial charge in [0.05, 0.1) is 12.8 Å². The predicted molar refractivity (Wildman–Crippen MR) is 70.6 cm³/mol. The minimum atomic E-state index is -0.495. The molecule has 104 valence electrons. The van der Waals surface area contributed by atoms with E-state index in [-0.39, 0.29) is 18.5 Å². The Balaban J connectivity index is 2.01. The molecule has 0 aliphatic heterocycles. The number of hydrogen-bond donors (Lipinski definition) is 2. The van der Waals surface area contributed by atoms with E-state index in [9.17, 15) is 9.59 Å². The van der Waals surface area contributed by atoms with E-state index in [0.717, 1.165) is 25.7 Å². The fraction of sp³-hybridized carbons (Fsp3) is 0.538. The van der Waals surface area contributed by atoms with Crippen LogP contribution in [-0.4, -0.2) is 29.6 Å². The molecular formula is C13H19N3O3. The fourth-order valence-electron chi connectivity index (χ4n) is 2.44. The third-order valence-corrected chi connectivity index (χ3v) is 3.35. The number of ether oxygens (including phenoxy) is 1. The summed E-state index contributed by atoms with van der Waals surface area (Å²) in [6.45, 7) is 0.0815. The van der Waals surface area contributed by atoms with Crippen LogP contribution in [0.1, 0.15) is 36.2 Å². The van der Waals surface area contributed by atoms with E-state index in [1.807, 2.05) is 0 Å². The van der Waals surface area contributed by atoms with Crippen molar-refractivity contribution in [2.75, 3.05) is 12.8 Å². The molecule has 2 rings (SSSR count). The monoisotopic (exact) mass is 265 g/mol. The molecule has 1 aliphatic rings. The normalized spacial score (nSPS) is 15.4. The van der Waals surface area contributed by atoms with Crippen molar-refractivity contribution in [3.05, 3.63) is 18.0 Å². The van der Waals surface area contributed by atoms with Crippen molar-refractivity contribution in [3.63, 3.8) is 0 Å². The lowest BCUT2D eigenvalue weighted by molar-refractivity contribution is -0.122. The van der Waals surface area contributed by atoms with Gasteiger partial charge >= 0.3 is 5.97 Å². The smallest absolute Gasteiger partial charge is 0.354 e. The summed E-state index contributed by atoms with van der Waals surface area (Å²) in [5.41, 5.74) is 6.38. The van der Waals surface area contributed by atoms with Crippen molar-refractivity contribution in [1.29, 1.82) is 0 Å². The standard InChI is InChI=1S/C13H19N3O3/c1-19-13(18)11-6-9(14)7-16(11)8-12(17)15-10-4-2-3-5-10/h6-7,10H,2-5,8,14H2,1H3,(H,15,17). The number of methoxy groups -OCH3 is 1. The van der Waals surface area contributed by atoms with Crippen LogP contribution in [0.5, 0.6) is 0 Å². The molecule has 1 heterocycles. The molecule has 1 aromatic rings. The van der Waals surface area contributed by atoms with Gasteiger partial charge < -0.3 is 20.4 Å². The first-order valence-electron chi connectivity index (χ1n) is 6.43. The van der Waals surface area contributed by atoms with Crippen LogP contribution in [0.3, 0.4) is 0 Å². The first-order valence-corrected chi connectivity index (χ1v) is 6.43. The molecule has 1 aromatic heterocycles. The number of esters is 1. The number of carbonyl (C=O) groups is 2. The number of anilines is 1. The summed E-state index contributed by atoms with van der Waals surface area (Å²) in [5.74, 6) is -0.599. The third-order valence-electron chi connectivity index (χ3n) is 3.35. The van der Waals surface area contributed by atoms with Gasteiger partial charge in [-0.3, -0.25) is 4.79 Å². The molecule has 0 radical (unpaired) electrons. The van der Waals surface area contributed by atoms with E-state index in [0.29, 0.717) is 11.4 Å². The molecule has 0 saturated heterocycles. The number of nitrogen functional groups attached to an aromatic ring is 1. The molecule has 1 fully saturated rings. The number of carbonyl (C=O) groups excluding carboxylic acids is 2. The number of hydrogen-bond acceptors (Lipinski definition) is 4. The Hall–Kier alpha value is -1.98. The van der Waals surface area contributed by atoms with Crippen LogP contribution in [0.4, 0.5) is 5.69 Å². The maximum Gasteiger partial charge on any atom is 0.354 e. The zero-order valence-corrected chi connectivity index (χ0v) is 11.0. The van der Waals surface area contributed by atoms with E-state index in [4.69, 9.17) is 5.73 Å². The molecule has 0 aromatic carbocycles. The Labute approximate surface area is 111 Å². The second kappa shape index (κ2) is 5.77. The molecule has 1 aliphatic carbocycles. The summed E-state index contributed by atoms with van der Waals surface area (Å²) < 4.78 is 6.18. The van der Waals surface area contributed by atoms with Gasteiger partial charge in [0, 0.05) is 12.2 Å². The van der Waals surface area contributed by atoms with E-state index < -0.39 is 5.97 Å². The molecule has 6 heteroatoms. The molecule has 0 unspecified atom stereocenters. The van der Waals surface area contributed by atoms with E-state index in [2.05, 4.69) is 10.1 Å². The number of nitrogens with zero attached hydrogens (tertiary/aromatic N) is 1. The molecule has 0 bridgehead atoms. The molecular weight excluding hydrogens is 246 g/mol. The van der Waals surface area contributed by atoms with Gasteiger partial charge in [0.1, 0.15) is 12.2 Å². The van der Waals surface area contributed by atoms with Crippen molar-refractivity contribution < 1.29 is 14.3 Å². The summed E-state index contributed by atoms with van der Waals surface area (Å²) in [7, 11) is 1.30. The Morgan fingerprint density at radius 3 is 2.79 bits per heavy atom. The minimum Gasteiger partial charge on any atom is -0.464 e. The maximum absolute atomic E-state index is 11.9. The van der Waals surface area contributed by atoms with Gasteiger partial charge in [-0.05, 0) is 18.9 Å². The lowest BCUT2D eigenvalue weighted by Crippen LogP contribution is -2.35. The average Bonchev–Trinajstić information content (AvgIpc) is 2.98. The minimum absolute atomic E-state index is 0.0815. The zero-order chi connectivity index (χ0) is 13.8. The van der Waals surface area contributed by atoms with E-state index >= 15 is 0 Å². The summed E-state index contributed by atoms with van der Waals surface area (Å²) in [5, 5.41) is 2.97.